The van der Waals surface area contributed by atoms with E-state index in [2.05, 4.69) is 5.32 Å². The van der Waals surface area contributed by atoms with Gasteiger partial charge in [0, 0.05) is 23.8 Å². The molecule has 2 aromatic rings. The van der Waals surface area contributed by atoms with E-state index in [0.29, 0.717) is 28.8 Å². The molecule has 1 aliphatic rings. The van der Waals surface area contributed by atoms with Crippen molar-refractivity contribution < 1.29 is 9.59 Å². The van der Waals surface area contributed by atoms with Crippen molar-refractivity contribution in [3.8, 4) is 0 Å². The van der Waals surface area contributed by atoms with Gasteiger partial charge in [-0.1, -0.05) is 40.9 Å². The maximum absolute atomic E-state index is 12.5. The van der Waals surface area contributed by atoms with Gasteiger partial charge in [0.2, 0.25) is 5.91 Å². The molecule has 130 valence electrons. The zero-order chi connectivity index (χ0) is 18.0. The minimum absolute atomic E-state index is 0.0276. The smallest absolute Gasteiger partial charge is 0.323 e. The molecule has 1 aliphatic heterocycles. The SMILES string of the molecule is Cc1ccc(N2CCN(CC(=O)Nc3ccc(Cl)cc3Cl)C2=O)cc1. The van der Waals surface area contributed by atoms with E-state index in [-0.39, 0.29) is 18.5 Å². The van der Waals surface area contributed by atoms with Crippen molar-refractivity contribution in [3.05, 3.63) is 58.1 Å². The highest BCUT2D eigenvalue weighted by Gasteiger charge is 2.30. The van der Waals surface area contributed by atoms with E-state index in [4.69, 9.17) is 23.2 Å². The fourth-order valence-corrected chi connectivity index (χ4v) is 3.10. The van der Waals surface area contributed by atoms with Crippen LogP contribution >= 0.6 is 23.2 Å². The number of anilines is 2. The Hall–Kier alpha value is -2.24. The summed E-state index contributed by atoms with van der Waals surface area (Å²) in [5.74, 6) is -0.302. The van der Waals surface area contributed by atoms with Crippen molar-refractivity contribution in [2.24, 2.45) is 0 Å². The van der Waals surface area contributed by atoms with Crippen LogP contribution in [0.5, 0.6) is 0 Å². The number of hydrogen-bond acceptors (Lipinski definition) is 2. The number of benzene rings is 2. The lowest BCUT2D eigenvalue weighted by atomic mass is 10.2. The molecule has 0 aliphatic carbocycles. The van der Waals surface area contributed by atoms with Crippen LogP contribution in [-0.2, 0) is 4.79 Å². The van der Waals surface area contributed by atoms with Gasteiger partial charge in [0.15, 0.2) is 0 Å². The molecule has 0 unspecified atom stereocenters. The first kappa shape index (κ1) is 17.6. The number of aryl methyl sites for hydroxylation is 1. The fourth-order valence-electron chi connectivity index (χ4n) is 2.65. The Balaban J connectivity index is 1.62. The van der Waals surface area contributed by atoms with Crippen LogP contribution < -0.4 is 10.2 Å². The van der Waals surface area contributed by atoms with Crippen LogP contribution in [-0.4, -0.2) is 36.5 Å². The number of urea groups is 1. The Morgan fingerprint density at radius 1 is 1.12 bits per heavy atom. The second kappa shape index (κ2) is 7.33. The number of rotatable bonds is 4. The number of amides is 3. The molecule has 0 aromatic heterocycles. The molecule has 1 saturated heterocycles. The average molecular weight is 378 g/mol. The van der Waals surface area contributed by atoms with Crippen LogP contribution in [0.4, 0.5) is 16.2 Å². The summed E-state index contributed by atoms with van der Waals surface area (Å²) in [6, 6.07) is 12.4. The Bertz CT molecular complexity index is 808. The highest BCUT2D eigenvalue weighted by atomic mass is 35.5. The quantitative estimate of drug-likeness (QED) is 0.868. The monoisotopic (exact) mass is 377 g/mol. The molecule has 0 spiro atoms. The molecule has 1 fully saturated rings. The van der Waals surface area contributed by atoms with Crippen molar-refractivity contribution in [1.29, 1.82) is 0 Å². The molecular weight excluding hydrogens is 361 g/mol. The largest absolute Gasteiger partial charge is 0.325 e. The first-order chi connectivity index (χ1) is 11.9. The third kappa shape index (κ3) is 4.06. The van der Waals surface area contributed by atoms with Crippen LogP contribution in [0.15, 0.2) is 42.5 Å². The highest BCUT2D eigenvalue weighted by molar-refractivity contribution is 6.36. The van der Waals surface area contributed by atoms with Gasteiger partial charge in [-0.2, -0.15) is 0 Å². The first-order valence-electron chi connectivity index (χ1n) is 7.82. The lowest BCUT2D eigenvalue weighted by molar-refractivity contribution is -0.116. The van der Waals surface area contributed by atoms with Crippen LogP contribution in [0.3, 0.4) is 0 Å². The Morgan fingerprint density at radius 2 is 1.84 bits per heavy atom. The van der Waals surface area contributed by atoms with Gasteiger partial charge in [0.25, 0.3) is 0 Å². The minimum Gasteiger partial charge on any atom is -0.323 e. The predicted molar refractivity (Wildman–Crippen MR) is 101 cm³/mol. The van der Waals surface area contributed by atoms with E-state index in [1.165, 1.54) is 4.90 Å². The molecule has 5 nitrogen and oxygen atoms in total. The molecule has 1 N–H and O–H groups in total. The van der Waals surface area contributed by atoms with Gasteiger partial charge in [0.1, 0.15) is 6.54 Å². The summed E-state index contributed by atoms with van der Waals surface area (Å²) in [7, 11) is 0. The van der Waals surface area contributed by atoms with E-state index >= 15 is 0 Å². The van der Waals surface area contributed by atoms with Crippen molar-refractivity contribution in [2.75, 3.05) is 29.9 Å². The molecule has 3 rings (SSSR count). The summed E-state index contributed by atoms with van der Waals surface area (Å²) in [6.07, 6.45) is 0. The summed E-state index contributed by atoms with van der Waals surface area (Å²) in [6.45, 7) is 3.01. The van der Waals surface area contributed by atoms with Crippen LogP contribution in [0, 0.1) is 6.92 Å². The van der Waals surface area contributed by atoms with Crippen molar-refractivity contribution in [1.82, 2.24) is 4.90 Å². The number of carbonyl (C=O) groups excluding carboxylic acids is 2. The van der Waals surface area contributed by atoms with Gasteiger partial charge < -0.3 is 10.2 Å². The van der Waals surface area contributed by atoms with E-state index in [1.54, 1.807) is 23.1 Å². The number of nitrogens with zero attached hydrogens (tertiary/aromatic N) is 2. The fraction of sp³-hybridized carbons (Fsp3) is 0.222. The Kier molecular flexibility index (Phi) is 5.16. The number of carbonyl (C=O) groups is 2. The normalized spacial score (nSPS) is 14.1. The van der Waals surface area contributed by atoms with Gasteiger partial charge in [0.05, 0.1) is 10.7 Å². The van der Waals surface area contributed by atoms with Gasteiger partial charge in [-0.3, -0.25) is 9.69 Å². The first-order valence-corrected chi connectivity index (χ1v) is 8.57. The molecule has 3 amide bonds. The van der Waals surface area contributed by atoms with Gasteiger partial charge >= 0.3 is 6.03 Å². The van der Waals surface area contributed by atoms with E-state index in [1.807, 2.05) is 31.2 Å². The summed E-state index contributed by atoms with van der Waals surface area (Å²) in [5, 5.41) is 3.55. The number of halogens is 2. The average Bonchev–Trinajstić information content (AvgIpc) is 2.92. The van der Waals surface area contributed by atoms with Gasteiger partial charge in [-0.15, -0.1) is 0 Å². The maximum atomic E-state index is 12.5. The van der Waals surface area contributed by atoms with Crippen LogP contribution in [0.2, 0.25) is 10.0 Å². The Labute approximate surface area is 156 Å². The summed E-state index contributed by atoms with van der Waals surface area (Å²) in [5.41, 5.74) is 2.43. The lowest BCUT2D eigenvalue weighted by Crippen LogP contribution is -2.37. The zero-order valence-electron chi connectivity index (χ0n) is 13.6. The molecule has 0 bridgehead atoms. The van der Waals surface area contributed by atoms with Crippen molar-refractivity contribution in [2.45, 2.75) is 6.92 Å². The Morgan fingerprint density at radius 3 is 2.52 bits per heavy atom. The van der Waals surface area contributed by atoms with Crippen molar-refractivity contribution in [3.63, 3.8) is 0 Å². The second-order valence-corrected chi connectivity index (χ2v) is 6.71. The summed E-state index contributed by atoms with van der Waals surface area (Å²) < 4.78 is 0. The molecule has 2 aromatic carbocycles. The van der Waals surface area contributed by atoms with E-state index in [0.717, 1.165) is 11.3 Å². The van der Waals surface area contributed by atoms with Crippen LogP contribution in [0.1, 0.15) is 5.56 Å². The van der Waals surface area contributed by atoms with Crippen molar-refractivity contribution >= 4 is 46.5 Å². The van der Waals surface area contributed by atoms with Gasteiger partial charge in [-0.05, 0) is 37.3 Å². The third-order valence-electron chi connectivity index (χ3n) is 3.98. The van der Waals surface area contributed by atoms with E-state index in [9.17, 15) is 9.59 Å². The summed E-state index contributed by atoms with van der Waals surface area (Å²) in [4.78, 5) is 27.9. The summed E-state index contributed by atoms with van der Waals surface area (Å²) >= 11 is 11.9. The molecular formula is C18H17Cl2N3O2. The third-order valence-corrected chi connectivity index (χ3v) is 4.53. The standard InChI is InChI=1S/C18H17Cl2N3O2/c1-12-2-5-14(6-3-12)23-9-8-22(18(23)25)11-17(24)21-16-7-4-13(19)10-15(16)20/h2-7,10H,8-9,11H2,1H3,(H,21,24). The zero-order valence-corrected chi connectivity index (χ0v) is 15.1. The molecule has 0 saturated carbocycles. The maximum Gasteiger partial charge on any atom is 0.325 e. The highest BCUT2D eigenvalue weighted by Crippen LogP contribution is 2.25. The minimum atomic E-state index is -0.302. The van der Waals surface area contributed by atoms with E-state index < -0.39 is 0 Å². The molecule has 0 atom stereocenters. The van der Waals surface area contributed by atoms with Gasteiger partial charge in [-0.25, -0.2) is 4.79 Å². The molecule has 7 heteroatoms. The molecule has 0 radical (unpaired) electrons. The predicted octanol–water partition coefficient (Wildman–Crippen LogP) is 4.18. The molecule has 1 heterocycles. The second-order valence-electron chi connectivity index (χ2n) is 5.86. The topological polar surface area (TPSA) is 52.6 Å². The number of nitrogens with one attached hydrogen (secondary N) is 1. The molecule has 25 heavy (non-hydrogen) atoms. The number of hydrogen-bond donors (Lipinski definition) is 1. The lowest BCUT2D eigenvalue weighted by Gasteiger charge is -2.18. The van der Waals surface area contributed by atoms with Crippen LogP contribution in [0.25, 0.3) is 0 Å².